The van der Waals surface area contributed by atoms with E-state index in [1.165, 1.54) is 6.20 Å². The Balaban J connectivity index is 3.13. The molecule has 1 rings (SSSR count). The molecule has 0 aliphatic rings. The Morgan fingerprint density at radius 1 is 1.28 bits per heavy atom. The third-order valence-corrected chi connectivity index (χ3v) is 3.28. The van der Waals surface area contributed by atoms with Crippen molar-refractivity contribution < 1.29 is 14.3 Å². The SMILES string of the molecule is CCOC(=O)C(OCC)c1ncc(Cl)c(Cl)c1Cl. The lowest BCUT2D eigenvalue weighted by molar-refractivity contribution is -0.157. The maximum absolute atomic E-state index is 11.8. The van der Waals surface area contributed by atoms with Gasteiger partial charge in [0.15, 0.2) is 6.10 Å². The first-order chi connectivity index (χ1) is 8.52. The standard InChI is InChI=1S/C11H12Cl3NO3/c1-3-17-10(11(16)18-4-2)9-8(14)7(13)6(12)5-15-9/h5,10H,3-4H2,1-2H3. The lowest BCUT2D eigenvalue weighted by Crippen LogP contribution is -2.20. The Morgan fingerprint density at radius 3 is 2.50 bits per heavy atom. The summed E-state index contributed by atoms with van der Waals surface area (Å²) in [5.74, 6) is -0.563. The Kier molecular flexibility index (Phi) is 6.15. The monoisotopic (exact) mass is 311 g/mol. The summed E-state index contributed by atoms with van der Waals surface area (Å²) in [5.41, 5.74) is 0.200. The van der Waals surface area contributed by atoms with E-state index in [0.717, 1.165) is 0 Å². The summed E-state index contributed by atoms with van der Waals surface area (Å²) >= 11 is 17.7. The molecule has 100 valence electrons. The highest BCUT2D eigenvalue weighted by Gasteiger charge is 2.28. The van der Waals surface area contributed by atoms with E-state index in [1.807, 2.05) is 0 Å². The molecule has 0 saturated heterocycles. The second kappa shape index (κ2) is 7.14. The third kappa shape index (κ3) is 3.48. The van der Waals surface area contributed by atoms with Crippen LogP contribution in [0.4, 0.5) is 0 Å². The summed E-state index contributed by atoms with van der Waals surface area (Å²) in [6.07, 6.45) is 0.313. The summed E-state index contributed by atoms with van der Waals surface area (Å²) in [4.78, 5) is 15.7. The Hall–Kier alpha value is -0.550. The number of aromatic nitrogens is 1. The molecule has 4 nitrogen and oxygen atoms in total. The molecule has 0 fully saturated rings. The number of hydrogen-bond acceptors (Lipinski definition) is 4. The van der Waals surface area contributed by atoms with Gasteiger partial charge in [0.05, 0.1) is 21.7 Å². The number of pyridine rings is 1. The van der Waals surface area contributed by atoms with Crippen molar-refractivity contribution in [2.45, 2.75) is 20.0 Å². The summed E-state index contributed by atoms with van der Waals surface area (Å²) in [6.45, 7) is 3.99. The number of esters is 1. The van der Waals surface area contributed by atoms with E-state index in [-0.39, 0.29) is 27.4 Å². The van der Waals surface area contributed by atoms with E-state index >= 15 is 0 Å². The van der Waals surface area contributed by atoms with Crippen LogP contribution in [-0.2, 0) is 14.3 Å². The van der Waals surface area contributed by atoms with Gasteiger partial charge in [0.25, 0.3) is 0 Å². The smallest absolute Gasteiger partial charge is 0.341 e. The van der Waals surface area contributed by atoms with Crippen LogP contribution in [0.2, 0.25) is 15.1 Å². The van der Waals surface area contributed by atoms with Crippen LogP contribution in [0.25, 0.3) is 0 Å². The van der Waals surface area contributed by atoms with Crippen LogP contribution in [-0.4, -0.2) is 24.2 Å². The topological polar surface area (TPSA) is 48.4 Å². The van der Waals surface area contributed by atoms with Crippen LogP contribution < -0.4 is 0 Å². The van der Waals surface area contributed by atoms with Gasteiger partial charge < -0.3 is 9.47 Å². The number of hydrogen-bond donors (Lipinski definition) is 0. The summed E-state index contributed by atoms with van der Waals surface area (Å²) in [7, 11) is 0. The van der Waals surface area contributed by atoms with Gasteiger partial charge in [-0.15, -0.1) is 0 Å². The maximum atomic E-state index is 11.8. The second-order valence-electron chi connectivity index (χ2n) is 3.21. The van der Waals surface area contributed by atoms with Crippen molar-refractivity contribution in [2.24, 2.45) is 0 Å². The normalized spacial score (nSPS) is 12.3. The highest BCUT2D eigenvalue weighted by Crippen LogP contribution is 2.35. The minimum Gasteiger partial charge on any atom is -0.464 e. The zero-order valence-electron chi connectivity index (χ0n) is 9.87. The Bertz CT molecular complexity index is 440. The van der Waals surface area contributed by atoms with Gasteiger partial charge in [-0.3, -0.25) is 4.98 Å². The molecule has 18 heavy (non-hydrogen) atoms. The molecule has 1 unspecified atom stereocenters. The molecular weight excluding hydrogens is 300 g/mol. The molecule has 1 aromatic rings. The van der Waals surface area contributed by atoms with Gasteiger partial charge >= 0.3 is 5.97 Å². The van der Waals surface area contributed by atoms with E-state index in [9.17, 15) is 4.79 Å². The second-order valence-corrected chi connectivity index (χ2v) is 4.37. The van der Waals surface area contributed by atoms with Gasteiger partial charge in [-0.05, 0) is 13.8 Å². The average molecular weight is 313 g/mol. The number of carbonyl (C=O) groups excluding carboxylic acids is 1. The van der Waals surface area contributed by atoms with E-state index in [0.29, 0.717) is 6.61 Å². The van der Waals surface area contributed by atoms with Gasteiger partial charge in [-0.2, -0.15) is 0 Å². The molecule has 0 saturated carbocycles. The first kappa shape index (κ1) is 15.5. The molecule has 1 heterocycles. The van der Waals surface area contributed by atoms with Crippen LogP contribution in [0.3, 0.4) is 0 Å². The van der Waals surface area contributed by atoms with E-state index in [2.05, 4.69) is 4.98 Å². The van der Waals surface area contributed by atoms with Crippen molar-refractivity contribution in [2.75, 3.05) is 13.2 Å². The van der Waals surface area contributed by atoms with Crippen LogP contribution in [0.5, 0.6) is 0 Å². The van der Waals surface area contributed by atoms with Gasteiger partial charge in [0.1, 0.15) is 5.69 Å². The van der Waals surface area contributed by atoms with Crippen molar-refractivity contribution in [1.29, 1.82) is 0 Å². The number of rotatable bonds is 5. The molecule has 0 radical (unpaired) electrons. The van der Waals surface area contributed by atoms with Crippen molar-refractivity contribution in [1.82, 2.24) is 4.98 Å². The molecule has 0 amide bonds. The molecular formula is C11H12Cl3NO3. The molecule has 7 heteroatoms. The van der Waals surface area contributed by atoms with Gasteiger partial charge in [-0.25, -0.2) is 4.79 Å². The van der Waals surface area contributed by atoms with E-state index < -0.39 is 12.1 Å². The van der Waals surface area contributed by atoms with Crippen LogP contribution in [0.15, 0.2) is 6.20 Å². The molecule has 0 bridgehead atoms. The summed E-state index contributed by atoms with van der Waals surface area (Å²) in [5, 5.41) is 0.442. The molecule has 0 spiro atoms. The predicted molar refractivity (Wildman–Crippen MR) is 70.3 cm³/mol. The fourth-order valence-electron chi connectivity index (χ4n) is 1.28. The van der Waals surface area contributed by atoms with E-state index in [1.54, 1.807) is 13.8 Å². The third-order valence-electron chi connectivity index (χ3n) is 2.03. The average Bonchev–Trinajstić information content (AvgIpc) is 2.34. The first-order valence-corrected chi connectivity index (χ1v) is 6.43. The van der Waals surface area contributed by atoms with E-state index in [4.69, 9.17) is 44.3 Å². The number of carbonyl (C=O) groups is 1. The van der Waals surface area contributed by atoms with Gasteiger partial charge in [0, 0.05) is 12.8 Å². The predicted octanol–water partition coefficient (Wildman–Crippen LogP) is 3.68. The highest BCUT2D eigenvalue weighted by atomic mass is 35.5. The van der Waals surface area contributed by atoms with Crippen LogP contribution >= 0.6 is 34.8 Å². The molecule has 0 aliphatic heterocycles. The van der Waals surface area contributed by atoms with Crippen molar-refractivity contribution >= 4 is 40.8 Å². The van der Waals surface area contributed by atoms with Crippen LogP contribution in [0, 0.1) is 0 Å². The Labute approximate surface area is 120 Å². The first-order valence-electron chi connectivity index (χ1n) is 5.30. The van der Waals surface area contributed by atoms with Crippen LogP contribution in [0.1, 0.15) is 25.6 Å². The quantitative estimate of drug-likeness (QED) is 0.778. The zero-order valence-corrected chi connectivity index (χ0v) is 12.1. The zero-order chi connectivity index (χ0) is 13.7. The largest absolute Gasteiger partial charge is 0.464 e. The lowest BCUT2D eigenvalue weighted by atomic mass is 10.2. The number of ether oxygens (including phenoxy) is 2. The lowest BCUT2D eigenvalue weighted by Gasteiger charge is -2.16. The highest BCUT2D eigenvalue weighted by molar-refractivity contribution is 6.48. The molecule has 0 N–H and O–H groups in total. The minimum absolute atomic E-state index is 0.0932. The van der Waals surface area contributed by atoms with Crippen molar-refractivity contribution in [3.63, 3.8) is 0 Å². The fraction of sp³-hybridized carbons (Fsp3) is 0.455. The minimum atomic E-state index is -1.00. The van der Waals surface area contributed by atoms with Crippen molar-refractivity contribution in [3.05, 3.63) is 27.0 Å². The molecule has 1 aromatic heterocycles. The maximum Gasteiger partial charge on any atom is 0.341 e. The van der Waals surface area contributed by atoms with Gasteiger partial charge in [0.2, 0.25) is 0 Å². The molecule has 1 atom stereocenters. The summed E-state index contributed by atoms with van der Waals surface area (Å²) < 4.78 is 10.2. The summed E-state index contributed by atoms with van der Waals surface area (Å²) in [6, 6.07) is 0. The number of halogens is 3. The number of nitrogens with zero attached hydrogens (tertiary/aromatic N) is 1. The molecule has 0 aliphatic carbocycles. The Morgan fingerprint density at radius 2 is 1.94 bits per heavy atom. The van der Waals surface area contributed by atoms with Crippen molar-refractivity contribution in [3.8, 4) is 0 Å². The fourth-order valence-corrected chi connectivity index (χ4v) is 1.87. The van der Waals surface area contributed by atoms with Gasteiger partial charge in [-0.1, -0.05) is 34.8 Å². The molecule has 0 aromatic carbocycles.